The minimum absolute atomic E-state index is 0.0618. The number of hydrogen-bond acceptors (Lipinski definition) is 6. The van der Waals surface area contributed by atoms with Crippen LogP contribution in [-0.2, 0) is 19.7 Å². The zero-order valence-electron chi connectivity index (χ0n) is 10.4. The number of sulfone groups is 2. The molecule has 3 aliphatic heterocycles. The van der Waals surface area contributed by atoms with Crippen LogP contribution in [0.4, 0.5) is 0 Å². The quantitative estimate of drug-likeness (QED) is 0.625. The highest BCUT2D eigenvalue weighted by Gasteiger charge is 2.59. The van der Waals surface area contributed by atoms with Crippen molar-refractivity contribution >= 4 is 48.0 Å². The molecule has 3 atom stereocenters. The van der Waals surface area contributed by atoms with Gasteiger partial charge in [0.25, 0.3) is 0 Å². The molecule has 0 aromatic carbocycles. The third kappa shape index (κ3) is 2.22. The second-order valence-corrected chi connectivity index (χ2v) is 11.9. The van der Waals surface area contributed by atoms with Gasteiger partial charge in [-0.15, -0.1) is 0 Å². The minimum atomic E-state index is -3.05. The Bertz CT molecular complexity index is 640. The predicted molar refractivity (Wildman–Crippen MR) is 79.9 cm³/mol. The van der Waals surface area contributed by atoms with Crippen molar-refractivity contribution in [1.82, 2.24) is 4.90 Å². The molecular formula is C10H15NO4S4. The van der Waals surface area contributed by atoms with E-state index in [1.165, 1.54) is 11.8 Å². The van der Waals surface area contributed by atoms with Gasteiger partial charge in [0.1, 0.15) is 4.32 Å². The van der Waals surface area contributed by atoms with E-state index < -0.39 is 25.2 Å². The third-order valence-corrected chi connectivity index (χ3v) is 9.84. The molecule has 3 fully saturated rings. The molecule has 0 aromatic rings. The lowest BCUT2D eigenvalue weighted by molar-refractivity contribution is 0.197. The smallest absolute Gasteiger partial charge is 0.153 e. The number of rotatable bonds is 1. The summed E-state index contributed by atoms with van der Waals surface area (Å²) >= 11 is 6.77. The van der Waals surface area contributed by atoms with Crippen molar-refractivity contribution in [2.75, 3.05) is 23.0 Å². The summed E-state index contributed by atoms with van der Waals surface area (Å²) in [6.45, 7) is 1.90. The van der Waals surface area contributed by atoms with Gasteiger partial charge in [-0.1, -0.05) is 24.0 Å². The third-order valence-electron chi connectivity index (χ3n) is 4.17. The van der Waals surface area contributed by atoms with E-state index in [0.717, 1.165) is 0 Å². The molecule has 9 heteroatoms. The first-order chi connectivity index (χ1) is 8.63. The van der Waals surface area contributed by atoms with Crippen molar-refractivity contribution in [3.05, 3.63) is 0 Å². The highest BCUT2D eigenvalue weighted by molar-refractivity contribution is 8.24. The van der Waals surface area contributed by atoms with Crippen LogP contribution in [0.3, 0.4) is 0 Å². The fraction of sp³-hybridized carbons (Fsp3) is 0.900. The van der Waals surface area contributed by atoms with Crippen LogP contribution in [-0.4, -0.2) is 65.9 Å². The molecule has 108 valence electrons. The molecule has 0 radical (unpaired) electrons. The molecule has 3 saturated heterocycles. The largest absolute Gasteiger partial charge is 0.346 e. The molecule has 0 unspecified atom stereocenters. The zero-order valence-corrected chi connectivity index (χ0v) is 13.7. The number of thiocarbonyl (C=S) groups is 1. The number of fused-ring (bicyclic) bond motifs is 1. The van der Waals surface area contributed by atoms with Crippen LogP contribution in [0, 0.1) is 0 Å². The summed E-state index contributed by atoms with van der Waals surface area (Å²) in [6, 6.07) is -0.159. The second kappa shape index (κ2) is 4.08. The van der Waals surface area contributed by atoms with Gasteiger partial charge in [-0.3, -0.25) is 0 Å². The van der Waals surface area contributed by atoms with Crippen LogP contribution < -0.4 is 0 Å². The van der Waals surface area contributed by atoms with E-state index in [1.54, 1.807) is 0 Å². The maximum Gasteiger partial charge on any atom is 0.153 e. The van der Waals surface area contributed by atoms with Gasteiger partial charge in [0, 0.05) is 11.3 Å². The Labute approximate surface area is 122 Å². The van der Waals surface area contributed by atoms with E-state index in [4.69, 9.17) is 12.2 Å². The summed E-state index contributed by atoms with van der Waals surface area (Å²) in [5.41, 5.74) is -0.537. The molecule has 3 aliphatic rings. The average Bonchev–Trinajstić information content (AvgIpc) is 2.72. The first-order valence-corrected chi connectivity index (χ1v) is 11.0. The molecule has 5 nitrogen and oxygen atoms in total. The van der Waals surface area contributed by atoms with Crippen LogP contribution in [0.1, 0.15) is 13.3 Å². The van der Waals surface area contributed by atoms with Gasteiger partial charge < -0.3 is 4.90 Å². The van der Waals surface area contributed by atoms with E-state index in [1.807, 2.05) is 11.8 Å². The molecule has 0 aliphatic carbocycles. The average molecular weight is 342 g/mol. The van der Waals surface area contributed by atoms with Crippen molar-refractivity contribution in [3.8, 4) is 0 Å². The van der Waals surface area contributed by atoms with Gasteiger partial charge >= 0.3 is 0 Å². The Morgan fingerprint density at radius 2 is 1.95 bits per heavy atom. The first-order valence-electron chi connectivity index (χ1n) is 6.04. The lowest BCUT2D eigenvalue weighted by Gasteiger charge is -2.38. The second-order valence-electron chi connectivity index (χ2n) is 5.71. The highest BCUT2D eigenvalue weighted by Crippen LogP contribution is 2.48. The van der Waals surface area contributed by atoms with Crippen molar-refractivity contribution in [2.45, 2.75) is 30.2 Å². The van der Waals surface area contributed by atoms with Crippen LogP contribution in [0.2, 0.25) is 0 Å². The predicted octanol–water partition coefficient (Wildman–Crippen LogP) is 0.0629. The summed E-state index contributed by atoms with van der Waals surface area (Å²) in [6.07, 6.45) is 0.547. The van der Waals surface area contributed by atoms with Gasteiger partial charge in [0.2, 0.25) is 0 Å². The molecule has 0 spiro atoms. The summed E-state index contributed by atoms with van der Waals surface area (Å²) in [4.78, 5) is 1.91. The Morgan fingerprint density at radius 3 is 2.53 bits per heavy atom. The summed E-state index contributed by atoms with van der Waals surface area (Å²) in [7, 11) is -6.05. The molecule has 0 saturated carbocycles. The van der Waals surface area contributed by atoms with E-state index in [0.29, 0.717) is 10.7 Å². The van der Waals surface area contributed by atoms with Crippen molar-refractivity contribution in [3.63, 3.8) is 0 Å². The molecule has 0 N–H and O–H groups in total. The van der Waals surface area contributed by atoms with E-state index >= 15 is 0 Å². The van der Waals surface area contributed by atoms with Gasteiger partial charge in [-0.2, -0.15) is 0 Å². The summed E-state index contributed by atoms with van der Waals surface area (Å²) in [5, 5.41) is -0.0618. The molecule has 3 heterocycles. The Hall–Kier alpha value is 0.140. The van der Waals surface area contributed by atoms with E-state index in [-0.39, 0.29) is 34.3 Å². The van der Waals surface area contributed by atoms with Crippen LogP contribution in [0.15, 0.2) is 0 Å². The normalized spacial score (nSPS) is 43.6. The SMILES string of the molecule is C[C@@]12CS(=O)(=O)C[C@H]1SC(=S)N2[C@@H]1CCS(=O)(=O)C1. The molecular weight excluding hydrogens is 326 g/mol. The molecule has 19 heavy (non-hydrogen) atoms. The first kappa shape index (κ1) is 14.1. The van der Waals surface area contributed by atoms with E-state index in [9.17, 15) is 16.8 Å². The maximum atomic E-state index is 11.8. The fourth-order valence-electron chi connectivity index (χ4n) is 3.33. The van der Waals surface area contributed by atoms with Crippen LogP contribution in [0.25, 0.3) is 0 Å². The Balaban J connectivity index is 1.95. The molecule has 3 rings (SSSR count). The number of nitrogens with zero attached hydrogens (tertiary/aromatic N) is 1. The van der Waals surface area contributed by atoms with Crippen molar-refractivity contribution < 1.29 is 16.8 Å². The molecule has 0 aromatic heterocycles. The number of thioether (sulfide) groups is 1. The molecule has 0 bridgehead atoms. The Morgan fingerprint density at radius 1 is 1.26 bits per heavy atom. The minimum Gasteiger partial charge on any atom is -0.346 e. The van der Waals surface area contributed by atoms with Gasteiger partial charge in [0.05, 0.1) is 28.6 Å². The van der Waals surface area contributed by atoms with Crippen molar-refractivity contribution in [2.24, 2.45) is 0 Å². The molecule has 0 amide bonds. The van der Waals surface area contributed by atoms with Gasteiger partial charge in [-0.25, -0.2) is 16.8 Å². The number of hydrogen-bond donors (Lipinski definition) is 0. The lowest BCUT2D eigenvalue weighted by atomic mass is 9.97. The fourth-order valence-corrected chi connectivity index (χ4v) is 10.1. The topological polar surface area (TPSA) is 71.5 Å². The summed E-state index contributed by atoms with van der Waals surface area (Å²) in [5.74, 6) is 0.490. The Kier molecular flexibility index (Phi) is 3.03. The van der Waals surface area contributed by atoms with Crippen LogP contribution in [0.5, 0.6) is 0 Å². The van der Waals surface area contributed by atoms with Crippen molar-refractivity contribution in [1.29, 1.82) is 0 Å². The maximum absolute atomic E-state index is 11.8. The zero-order chi connectivity index (χ0) is 14.1. The standard InChI is InChI=1S/C10H15NO4S4/c1-10-6-19(14,15)5-8(10)17-9(16)11(10)7-2-3-18(12,13)4-7/h7-8H,2-6H2,1H3/t7-,8-,10-/m1/s1. The van der Waals surface area contributed by atoms with Gasteiger partial charge in [0.15, 0.2) is 19.7 Å². The highest BCUT2D eigenvalue weighted by atomic mass is 32.2. The summed E-state index contributed by atoms with van der Waals surface area (Å²) < 4.78 is 47.6. The van der Waals surface area contributed by atoms with Gasteiger partial charge in [-0.05, 0) is 13.3 Å². The van der Waals surface area contributed by atoms with Crippen LogP contribution >= 0.6 is 24.0 Å². The lowest BCUT2D eigenvalue weighted by Crippen LogP contribution is -2.54. The monoisotopic (exact) mass is 341 g/mol. The van der Waals surface area contributed by atoms with E-state index in [2.05, 4.69) is 0 Å².